The van der Waals surface area contributed by atoms with Crippen LogP contribution in [-0.2, 0) is 4.74 Å². The van der Waals surface area contributed by atoms with Gasteiger partial charge in [0, 0.05) is 36.2 Å². The van der Waals surface area contributed by atoms with E-state index in [1.165, 1.54) is 0 Å². The lowest BCUT2D eigenvalue weighted by Gasteiger charge is -2.19. The highest BCUT2D eigenvalue weighted by Crippen LogP contribution is 2.20. The van der Waals surface area contributed by atoms with Crippen LogP contribution in [-0.4, -0.2) is 40.7 Å². The van der Waals surface area contributed by atoms with Gasteiger partial charge in [0.2, 0.25) is 5.95 Å². The number of alkyl carbamates (subject to hydrolysis) is 1. The van der Waals surface area contributed by atoms with Gasteiger partial charge in [-0.15, -0.1) is 0 Å². The average molecular weight is 463 g/mol. The Bertz CT molecular complexity index is 1140. The van der Waals surface area contributed by atoms with Crippen molar-refractivity contribution in [3.05, 3.63) is 71.9 Å². The molecule has 9 nitrogen and oxygen atoms in total. The zero-order chi connectivity index (χ0) is 24.6. The van der Waals surface area contributed by atoms with Gasteiger partial charge in [0.05, 0.1) is 0 Å². The summed E-state index contributed by atoms with van der Waals surface area (Å²) >= 11 is 0. The van der Waals surface area contributed by atoms with Gasteiger partial charge < -0.3 is 26.0 Å². The van der Waals surface area contributed by atoms with Crippen LogP contribution in [0.1, 0.15) is 36.7 Å². The molecule has 0 atom stereocenters. The van der Waals surface area contributed by atoms with Crippen molar-refractivity contribution >= 4 is 35.1 Å². The van der Waals surface area contributed by atoms with Gasteiger partial charge in [-0.2, -0.15) is 4.98 Å². The number of ether oxygens (including phenoxy) is 1. The van der Waals surface area contributed by atoms with Crippen molar-refractivity contribution in [2.75, 3.05) is 23.7 Å². The number of benzene rings is 2. The van der Waals surface area contributed by atoms with Gasteiger partial charge in [-0.05, 0) is 63.6 Å². The highest BCUT2D eigenvalue weighted by atomic mass is 16.6. The average Bonchev–Trinajstić information content (AvgIpc) is 2.77. The van der Waals surface area contributed by atoms with Crippen LogP contribution >= 0.6 is 0 Å². The van der Waals surface area contributed by atoms with Crippen molar-refractivity contribution in [3.8, 4) is 0 Å². The van der Waals surface area contributed by atoms with Crippen LogP contribution in [0.2, 0.25) is 0 Å². The number of aromatic nitrogens is 2. The topological polar surface area (TPSA) is 117 Å². The van der Waals surface area contributed by atoms with Crippen LogP contribution in [0, 0.1) is 6.92 Å². The van der Waals surface area contributed by atoms with E-state index in [0.29, 0.717) is 23.0 Å². The standard InChI is InChI=1S/C25H30N6O3/c1-17-8-5-6-11-20(17)30-21-12-13-27-23(31-21)29-19-10-7-9-18(16-19)22(32)26-14-15-28-24(33)34-25(2,3)4/h5-13,16H,14-15H2,1-4H3,(H,26,32)(H,28,33)(H2,27,29,30,31). The number of rotatable bonds is 8. The molecule has 0 aliphatic heterocycles. The molecule has 3 rings (SSSR count). The summed E-state index contributed by atoms with van der Waals surface area (Å²) in [5.41, 5.74) is 2.65. The summed E-state index contributed by atoms with van der Waals surface area (Å²) in [6.45, 7) is 7.91. The highest BCUT2D eigenvalue weighted by Gasteiger charge is 2.15. The number of nitrogens with zero attached hydrogens (tertiary/aromatic N) is 2. The van der Waals surface area contributed by atoms with E-state index in [1.54, 1.807) is 51.2 Å². The molecule has 178 valence electrons. The SMILES string of the molecule is Cc1ccccc1Nc1ccnc(Nc2cccc(C(=O)NCCNC(=O)OC(C)(C)C)c2)n1. The van der Waals surface area contributed by atoms with Crippen LogP contribution in [0.25, 0.3) is 0 Å². The van der Waals surface area contributed by atoms with Crippen LogP contribution < -0.4 is 21.3 Å². The Labute approximate surface area is 199 Å². The molecule has 34 heavy (non-hydrogen) atoms. The molecular formula is C25H30N6O3. The van der Waals surface area contributed by atoms with Crippen LogP contribution in [0.3, 0.4) is 0 Å². The third-order valence-corrected chi connectivity index (χ3v) is 4.52. The predicted molar refractivity (Wildman–Crippen MR) is 133 cm³/mol. The number of hydrogen-bond donors (Lipinski definition) is 4. The molecule has 0 aliphatic rings. The van der Waals surface area contributed by atoms with Crippen molar-refractivity contribution in [1.82, 2.24) is 20.6 Å². The van der Waals surface area contributed by atoms with Crippen molar-refractivity contribution in [2.24, 2.45) is 0 Å². The number of anilines is 4. The number of nitrogens with one attached hydrogen (secondary N) is 4. The summed E-state index contributed by atoms with van der Waals surface area (Å²) < 4.78 is 5.16. The molecule has 0 saturated heterocycles. The molecule has 1 aromatic heterocycles. The van der Waals surface area contributed by atoms with Crippen molar-refractivity contribution in [3.63, 3.8) is 0 Å². The van der Waals surface area contributed by atoms with E-state index in [-0.39, 0.29) is 19.0 Å². The fraction of sp³-hybridized carbons (Fsp3) is 0.280. The smallest absolute Gasteiger partial charge is 0.407 e. The van der Waals surface area contributed by atoms with Crippen molar-refractivity contribution < 1.29 is 14.3 Å². The minimum atomic E-state index is -0.569. The lowest BCUT2D eigenvalue weighted by Crippen LogP contribution is -2.37. The monoisotopic (exact) mass is 462 g/mol. The first-order chi connectivity index (χ1) is 16.2. The van der Waals surface area contributed by atoms with Gasteiger partial charge >= 0.3 is 6.09 Å². The third-order valence-electron chi connectivity index (χ3n) is 4.52. The first-order valence-electron chi connectivity index (χ1n) is 11.0. The maximum atomic E-state index is 12.5. The second kappa shape index (κ2) is 11.1. The number of aryl methyl sites for hydroxylation is 1. The summed E-state index contributed by atoms with van der Waals surface area (Å²) in [5.74, 6) is 0.793. The van der Waals surface area contributed by atoms with Crippen molar-refractivity contribution in [2.45, 2.75) is 33.3 Å². The van der Waals surface area contributed by atoms with E-state index in [2.05, 4.69) is 31.2 Å². The number of amides is 2. The molecule has 0 unspecified atom stereocenters. The predicted octanol–water partition coefficient (Wildman–Crippen LogP) is 4.53. The minimum Gasteiger partial charge on any atom is -0.444 e. The van der Waals surface area contributed by atoms with Gasteiger partial charge in [-0.1, -0.05) is 24.3 Å². The van der Waals surface area contributed by atoms with Crippen LogP contribution in [0.4, 0.5) is 27.9 Å². The van der Waals surface area contributed by atoms with Gasteiger partial charge in [0.15, 0.2) is 0 Å². The van der Waals surface area contributed by atoms with Gasteiger partial charge in [0.1, 0.15) is 11.4 Å². The third kappa shape index (κ3) is 7.77. The Hall–Kier alpha value is -4.14. The Morgan fingerprint density at radius 2 is 1.71 bits per heavy atom. The number of carbonyl (C=O) groups is 2. The fourth-order valence-electron chi connectivity index (χ4n) is 2.96. The van der Waals surface area contributed by atoms with E-state index >= 15 is 0 Å². The van der Waals surface area contributed by atoms with Gasteiger partial charge in [0.25, 0.3) is 5.91 Å². The van der Waals surface area contributed by atoms with E-state index < -0.39 is 11.7 Å². The first kappa shape index (κ1) is 24.5. The summed E-state index contributed by atoms with van der Waals surface area (Å²) in [5, 5.41) is 11.8. The van der Waals surface area contributed by atoms with E-state index in [1.807, 2.05) is 37.3 Å². The lowest BCUT2D eigenvalue weighted by molar-refractivity contribution is 0.0526. The molecule has 2 amide bonds. The second-order valence-electron chi connectivity index (χ2n) is 8.60. The Morgan fingerprint density at radius 3 is 2.47 bits per heavy atom. The molecule has 0 fully saturated rings. The molecule has 3 aromatic rings. The van der Waals surface area contributed by atoms with Gasteiger partial charge in [-0.25, -0.2) is 9.78 Å². The molecule has 0 aliphatic carbocycles. The first-order valence-corrected chi connectivity index (χ1v) is 11.0. The summed E-state index contributed by atoms with van der Waals surface area (Å²) in [4.78, 5) is 32.9. The minimum absolute atomic E-state index is 0.257. The van der Waals surface area contributed by atoms with Crippen LogP contribution in [0.15, 0.2) is 60.8 Å². The largest absolute Gasteiger partial charge is 0.444 e. The van der Waals surface area contributed by atoms with E-state index in [4.69, 9.17) is 4.74 Å². The Morgan fingerprint density at radius 1 is 0.941 bits per heavy atom. The second-order valence-corrected chi connectivity index (χ2v) is 8.60. The number of para-hydroxylation sites is 1. The number of hydrogen-bond acceptors (Lipinski definition) is 7. The lowest BCUT2D eigenvalue weighted by atomic mass is 10.2. The Kier molecular flexibility index (Phi) is 8.02. The van der Waals surface area contributed by atoms with Gasteiger partial charge in [-0.3, -0.25) is 4.79 Å². The quantitative estimate of drug-likeness (QED) is 0.363. The maximum absolute atomic E-state index is 12.5. The Balaban J connectivity index is 1.55. The van der Waals surface area contributed by atoms with Crippen LogP contribution in [0.5, 0.6) is 0 Å². The molecule has 0 bridgehead atoms. The number of carbonyl (C=O) groups excluding carboxylic acids is 2. The molecular weight excluding hydrogens is 432 g/mol. The van der Waals surface area contributed by atoms with Crippen molar-refractivity contribution in [1.29, 1.82) is 0 Å². The molecule has 0 spiro atoms. The summed E-state index contributed by atoms with van der Waals surface area (Å²) in [6, 6.07) is 16.7. The van der Waals surface area contributed by atoms with E-state index in [9.17, 15) is 9.59 Å². The summed E-state index contributed by atoms with van der Waals surface area (Å²) in [7, 11) is 0. The van der Waals surface area contributed by atoms with E-state index in [0.717, 1.165) is 11.3 Å². The zero-order valence-electron chi connectivity index (χ0n) is 19.8. The normalized spacial score (nSPS) is 10.8. The highest BCUT2D eigenvalue weighted by molar-refractivity contribution is 5.95. The molecule has 0 radical (unpaired) electrons. The molecule has 4 N–H and O–H groups in total. The molecule has 0 saturated carbocycles. The molecule has 9 heteroatoms. The fourth-order valence-corrected chi connectivity index (χ4v) is 2.96. The zero-order valence-corrected chi connectivity index (χ0v) is 19.8. The molecule has 1 heterocycles. The molecule has 2 aromatic carbocycles. The summed E-state index contributed by atoms with van der Waals surface area (Å²) in [6.07, 6.45) is 1.14. The maximum Gasteiger partial charge on any atom is 0.407 e.